The molecule has 0 saturated carbocycles. The third-order valence-electron chi connectivity index (χ3n) is 5.41. The highest BCUT2D eigenvalue weighted by molar-refractivity contribution is 7.89. The van der Waals surface area contributed by atoms with Gasteiger partial charge in [0.15, 0.2) is 0 Å². The Labute approximate surface area is 241 Å². The molecule has 7 nitrogen and oxygen atoms in total. The highest BCUT2D eigenvalue weighted by atomic mass is 35.5. The second kappa shape index (κ2) is 13.7. The van der Waals surface area contributed by atoms with Crippen LogP contribution in [0, 0.1) is 5.92 Å². The monoisotopic (exact) mass is 606 g/mol. The molecule has 38 heavy (non-hydrogen) atoms. The number of benzene rings is 2. The van der Waals surface area contributed by atoms with Crippen molar-refractivity contribution in [2.24, 2.45) is 5.92 Å². The Morgan fingerprint density at radius 3 is 2.18 bits per heavy atom. The van der Waals surface area contributed by atoms with Crippen molar-refractivity contribution in [2.45, 2.75) is 63.8 Å². The number of sulfonamides is 1. The van der Waals surface area contributed by atoms with Crippen LogP contribution >= 0.6 is 34.8 Å². The average Bonchev–Trinajstić information content (AvgIpc) is 2.82. The average molecular weight is 608 g/mol. The summed E-state index contributed by atoms with van der Waals surface area (Å²) in [6, 6.07) is 13.2. The first-order valence-corrected chi connectivity index (χ1v) is 15.1. The molecule has 212 valence electrons. The number of nitrogens with zero attached hydrogens (tertiary/aromatic N) is 2. The molecular formula is C27H37Cl3N2O5S. The summed E-state index contributed by atoms with van der Waals surface area (Å²) in [5.74, 6) is 0.275. The van der Waals surface area contributed by atoms with Gasteiger partial charge in [-0.1, -0.05) is 48.9 Å². The van der Waals surface area contributed by atoms with Crippen LogP contribution in [-0.2, 0) is 27.8 Å². The molecule has 0 aliphatic carbocycles. The minimum absolute atomic E-state index is 0.0117. The SMILES string of the molecule is CC(CCl)CN(Cc1cccc(CN(CC(C)(O)CCl)S(=O)(=O)c2cccc(Cl)c2)c1)C(=O)OC(C)(C)C. The van der Waals surface area contributed by atoms with E-state index in [1.165, 1.54) is 23.4 Å². The van der Waals surface area contributed by atoms with Gasteiger partial charge in [-0.2, -0.15) is 4.31 Å². The van der Waals surface area contributed by atoms with Crippen LogP contribution in [0.4, 0.5) is 4.79 Å². The number of aliphatic hydroxyl groups is 1. The van der Waals surface area contributed by atoms with Crippen LogP contribution in [0.1, 0.15) is 45.7 Å². The number of halogens is 3. The van der Waals surface area contributed by atoms with Gasteiger partial charge in [-0.15, -0.1) is 23.2 Å². The molecule has 2 unspecified atom stereocenters. The fraction of sp³-hybridized carbons (Fsp3) is 0.519. The maximum absolute atomic E-state index is 13.6. The summed E-state index contributed by atoms with van der Waals surface area (Å²) in [5, 5.41) is 10.9. The van der Waals surface area contributed by atoms with Gasteiger partial charge >= 0.3 is 6.09 Å². The van der Waals surface area contributed by atoms with Crippen LogP contribution in [0.15, 0.2) is 53.4 Å². The van der Waals surface area contributed by atoms with Gasteiger partial charge in [0, 0.05) is 37.1 Å². The zero-order valence-electron chi connectivity index (χ0n) is 22.5. The zero-order valence-corrected chi connectivity index (χ0v) is 25.5. The number of carbonyl (C=O) groups excluding carboxylic acids is 1. The minimum atomic E-state index is -4.02. The Morgan fingerprint density at radius 2 is 1.63 bits per heavy atom. The Kier molecular flexibility index (Phi) is 11.8. The van der Waals surface area contributed by atoms with E-state index in [1.807, 2.05) is 19.1 Å². The predicted molar refractivity (Wildman–Crippen MR) is 153 cm³/mol. The summed E-state index contributed by atoms with van der Waals surface area (Å²) in [6.45, 7) is 9.24. The van der Waals surface area contributed by atoms with Gasteiger partial charge < -0.3 is 14.7 Å². The lowest BCUT2D eigenvalue weighted by Gasteiger charge is -2.30. The second-order valence-corrected chi connectivity index (χ2v) is 13.8. The maximum atomic E-state index is 13.6. The molecule has 0 bridgehead atoms. The summed E-state index contributed by atoms with van der Waals surface area (Å²) in [6.07, 6.45) is -0.455. The summed E-state index contributed by atoms with van der Waals surface area (Å²) >= 11 is 18.0. The molecule has 2 aromatic carbocycles. The Bertz CT molecular complexity index is 1190. The number of rotatable bonds is 12. The maximum Gasteiger partial charge on any atom is 0.410 e. The number of carbonyl (C=O) groups is 1. The highest BCUT2D eigenvalue weighted by Crippen LogP contribution is 2.25. The van der Waals surface area contributed by atoms with E-state index < -0.39 is 27.3 Å². The van der Waals surface area contributed by atoms with E-state index in [0.717, 1.165) is 5.56 Å². The molecule has 0 fully saturated rings. The van der Waals surface area contributed by atoms with Gasteiger partial charge in [0.1, 0.15) is 5.60 Å². The number of amides is 1. The zero-order chi connectivity index (χ0) is 28.7. The number of alkyl halides is 2. The third kappa shape index (κ3) is 10.2. The first-order valence-electron chi connectivity index (χ1n) is 12.2. The molecule has 2 rings (SSSR count). The lowest BCUT2D eigenvalue weighted by Crippen LogP contribution is -2.44. The van der Waals surface area contributed by atoms with Crippen LogP contribution in [0.2, 0.25) is 5.02 Å². The Balaban J connectivity index is 2.38. The first kappa shape index (κ1) is 32.7. The molecule has 0 aliphatic rings. The summed E-state index contributed by atoms with van der Waals surface area (Å²) in [7, 11) is -4.02. The molecule has 0 saturated heterocycles. The van der Waals surface area contributed by atoms with Crippen molar-refractivity contribution in [1.82, 2.24) is 9.21 Å². The lowest BCUT2D eigenvalue weighted by molar-refractivity contribution is 0.0212. The van der Waals surface area contributed by atoms with Gasteiger partial charge in [0.2, 0.25) is 10.0 Å². The van der Waals surface area contributed by atoms with Gasteiger partial charge in [0.05, 0.1) is 16.4 Å². The van der Waals surface area contributed by atoms with Gasteiger partial charge in [0.25, 0.3) is 0 Å². The van der Waals surface area contributed by atoms with Crippen LogP contribution in [0.25, 0.3) is 0 Å². The molecule has 2 atom stereocenters. The standard InChI is InChI=1S/C27H37Cl3N2O5S/c1-20(14-28)15-31(25(33)37-26(2,3)4)16-21-8-6-9-22(12-21)17-32(19-27(5,34)18-29)38(35,36)24-11-7-10-23(30)13-24/h6-13,20,34H,14-19H2,1-5H3. The second-order valence-electron chi connectivity index (χ2n) is 10.8. The quantitative estimate of drug-likeness (QED) is 0.293. The smallest absolute Gasteiger partial charge is 0.410 e. The first-order chi connectivity index (χ1) is 17.6. The minimum Gasteiger partial charge on any atom is -0.444 e. The van der Waals surface area contributed by atoms with E-state index in [-0.39, 0.29) is 41.4 Å². The van der Waals surface area contributed by atoms with Crippen LogP contribution in [0.5, 0.6) is 0 Å². The third-order valence-corrected chi connectivity index (χ3v) is 8.54. The Hall–Kier alpha value is -1.55. The van der Waals surface area contributed by atoms with E-state index in [9.17, 15) is 18.3 Å². The van der Waals surface area contributed by atoms with Crippen molar-refractivity contribution in [1.29, 1.82) is 0 Å². The molecular weight excluding hydrogens is 571 g/mol. The molecule has 0 radical (unpaired) electrons. The normalized spacial score (nSPS) is 14.7. The van der Waals surface area contributed by atoms with Gasteiger partial charge in [-0.25, -0.2) is 13.2 Å². The van der Waals surface area contributed by atoms with Crippen LogP contribution < -0.4 is 0 Å². The summed E-state index contributed by atoms with van der Waals surface area (Å²) < 4.78 is 33.9. The molecule has 0 spiro atoms. The lowest BCUT2D eigenvalue weighted by atomic mass is 10.1. The Morgan fingerprint density at radius 1 is 1.03 bits per heavy atom. The number of ether oxygens (including phenoxy) is 1. The van der Waals surface area contributed by atoms with Crippen molar-refractivity contribution < 1.29 is 23.1 Å². The fourth-order valence-electron chi connectivity index (χ4n) is 3.63. The molecule has 0 aromatic heterocycles. The molecule has 1 N–H and O–H groups in total. The topological polar surface area (TPSA) is 87.2 Å². The van der Waals surface area contributed by atoms with Crippen LogP contribution in [-0.4, -0.2) is 64.9 Å². The van der Waals surface area contributed by atoms with E-state index >= 15 is 0 Å². The largest absolute Gasteiger partial charge is 0.444 e. The molecule has 0 aliphatic heterocycles. The fourth-order valence-corrected chi connectivity index (χ4v) is 5.66. The van der Waals surface area contributed by atoms with E-state index in [1.54, 1.807) is 49.9 Å². The molecule has 2 aromatic rings. The summed E-state index contributed by atoms with van der Waals surface area (Å²) in [4.78, 5) is 14.5. The van der Waals surface area contributed by atoms with E-state index in [2.05, 4.69) is 0 Å². The number of hydrogen-bond acceptors (Lipinski definition) is 5. The van der Waals surface area contributed by atoms with Crippen molar-refractivity contribution in [3.63, 3.8) is 0 Å². The van der Waals surface area contributed by atoms with Crippen molar-refractivity contribution in [2.75, 3.05) is 24.8 Å². The van der Waals surface area contributed by atoms with Gasteiger partial charge in [-0.3, -0.25) is 0 Å². The molecule has 1 amide bonds. The van der Waals surface area contributed by atoms with Crippen molar-refractivity contribution >= 4 is 50.9 Å². The predicted octanol–water partition coefficient (Wildman–Crippen LogP) is 6.13. The van der Waals surface area contributed by atoms with E-state index in [4.69, 9.17) is 39.5 Å². The van der Waals surface area contributed by atoms with Gasteiger partial charge in [-0.05, 0) is 62.9 Å². The highest BCUT2D eigenvalue weighted by Gasteiger charge is 2.32. The van der Waals surface area contributed by atoms with Crippen molar-refractivity contribution in [3.05, 3.63) is 64.7 Å². The molecule has 0 heterocycles. The number of hydrogen-bond donors (Lipinski definition) is 1. The van der Waals surface area contributed by atoms with E-state index in [0.29, 0.717) is 18.0 Å². The summed E-state index contributed by atoms with van der Waals surface area (Å²) in [5.41, 5.74) is -0.654. The molecule has 11 heteroatoms. The van der Waals surface area contributed by atoms with Crippen LogP contribution in [0.3, 0.4) is 0 Å². The van der Waals surface area contributed by atoms with Crippen molar-refractivity contribution in [3.8, 4) is 0 Å².